The maximum Gasteiger partial charge on any atom is 0.224 e. The van der Waals surface area contributed by atoms with Crippen molar-refractivity contribution in [2.75, 3.05) is 18.4 Å². The zero-order valence-corrected chi connectivity index (χ0v) is 11.1. The van der Waals surface area contributed by atoms with Gasteiger partial charge in [0.15, 0.2) is 0 Å². The molecule has 0 saturated carbocycles. The molecule has 1 aromatic rings. The molecule has 0 atom stereocenters. The van der Waals surface area contributed by atoms with Gasteiger partial charge < -0.3 is 10.6 Å². The fourth-order valence-corrected chi connectivity index (χ4v) is 2.12. The van der Waals surface area contributed by atoms with E-state index in [1.165, 1.54) is 5.56 Å². The number of halogens is 1. The third kappa shape index (κ3) is 3.30. The van der Waals surface area contributed by atoms with Crippen molar-refractivity contribution in [2.45, 2.75) is 33.2 Å². The van der Waals surface area contributed by atoms with Crippen molar-refractivity contribution in [2.24, 2.45) is 5.92 Å². The number of aromatic nitrogens is 2. The van der Waals surface area contributed by atoms with Crippen molar-refractivity contribution in [3.05, 3.63) is 16.5 Å². The summed E-state index contributed by atoms with van der Waals surface area (Å²) in [6.45, 7) is 7.15. The molecule has 0 amide bonds. The predicted molar refractivity (Wildman–Crippen MR) is 70.4 cm³/mol. The van der Waals surface area contributed by atoms with Gasteiger partial charge in [-0.1, -0.05) is 13.8 Å². The van der Waals surface area contributed by atoms with E-state index in [1.54, 1.807) is 0 Å². The monoisotopic (exact) mass is 254 g/mol. The van der Waals surface area contributed by atoms with E-state index in [4.69, 9.17) is 11.6 Å². The summed E-state index contributed by atoms with van der Waals surface area (Å²) in [5.41, 5.74) is 2.25. The second kappa shape index (κ2) is 5.65. The van der Waals surface area contributed by atoms with Gasteiger partial charge >= 0.3 is 0 Å². The molecular weight excluding hydrogens is 236 g/mol. The van der Waals surface area contributed by atoms with E-state index in [9.17, 15) is 0 Å². The molecule has 0 aliphatic carbocycles. The third-order valence-electron chi connectivity index (χ3n) is 2.92. The minimum atomic E-state index is 0.345. The molecule has 94 valence electrons. The van der Waals surface area contributed by atoms with Crippen LogP contribution in [0.25, 0.3) is 0 Å². The molecule has 2 rings (SSSR count). The number of nitrogens with one attached hydrogen (secondary N) is 2. The van der Waals surface area contributed by atoms with Gasteiger partial charge in [0.1, 0.15) is 5.82 Å². The van der Waals surface area contributed by atoms with Gasteiger partial charge in [-0.2, -0.15) is 0 Å². The molecule has 1 aliphatic rings. The average Bonchev–Trinajstić information content (AvgIpc) is 2.28. The Morgan fingerprint density at radius 1 is 1.41 bits per heavy atom. The molecule has 1 aromatic heterocycles. The van der Waals surface area contributed by atoms with Crippen molar-refractivity contribution in [1.29, 1.82) is 0 Å². The molecule has 0 bridgehead atoms. The van der Waals surface area contributed by atoms with Crippen LogP contribution in [0, 0.1) is 5.92 Å². The van der Waals surface area contributed by atoms with Gasteiger partial charge in [-0.25, -0.2) is 9.97 Å². The van der Waals surface area contributed by atoms with Crippen LogP contribution in [0.15, 0.2) is 0 Å². The summed E-state index contributed by atoms with van der Waals surface area (Å²) in [6.07, 6.45) is 2.06. The van der Waals surface area contributed by atoms with Crippen LogP contribution in [0.4, 0.5) is 5.82 Å². The van der Waals surface area contributed by atoms with E-state index in [0.717, 1.165) is 44.0 Å². The Morgan fingerprint density at radius 3 is 3.00 bits per heavy atom. The van der Waals surface area contributed by atoms with Crippen LogP contribution in [0.5, 0.6) is 0 Å². The van der Waals surface area contributed by atoms with Crippen LogP contribution in [0.2, 0.25) is 5.28 Å². The Bertz CT molecular complexity index is 392. The summed E-state index contributed by atoms with van der Waals surface area (Å²) < 4.78 is 0. The van der Waals surface area contributed by atoms with Crippen LogP contribution < -0.4 is 10.6 Å². The number of nitrogens with zero attached hydrogens (tertiary/aromatic N) is 2. The number of hydrogen-bond donors (Lipinski definition) is 2. The topological polar surface area (TPSA) is 49.8 Å². The van der Waals surface area contributed by atoms with Crippen molar-refractivity contribution in [1.82, 2.24) is 15.3 Å². The van der Waals surface area contributed by atoms with Crippen molar-refractivity contribution >= 4 is 17.4 Å². The summed E-state index contributed by atoms with van der Waals surface area (Å²) >= 11 is 5.94. The highest BCUT2D eigenvalue weighted by Crippen LogP contribution is 2.21. The smallest absolute Gasteiger partial charge is 0.224 e. The maximum absolute atomic E-state index is 5.94. The molecule has 2 heterocycles. The van der Waals surface area contributed by atoms with Crippen LogP contribution in [0.1, 0.15) is 31.5 Å². The van der Waals surface area contributed by atoms with Gasteiger partial charge in [-0.05, 0) is 23.9 Å². The normalized spacial score (nSPS) is 14.8. The van der Waals surface area contributed by atoms with Gasteiger partial charge in [0, 0.05) is 31.6 Å². The van der Waals surface area contributed by atoms with E-state index in [-0.39, 0.29) is 0 Å². The van der Waals surface area contributed by atoms with Gasteiger partial charge in [0.2, 0.25) is 5.28 Å². The van der Waals surface area contributed by atoms with Crippen LogP contribution in [-0.4, -0.2) is 23.1 Å². The quantitative estimate of drug-likeness (QED) is 0.809. The highest BCUT2D eigenvalue weighted by molar-refractivity contribution is 6.28. The molecule has 2 N–H and O–H groups in total. The van der Waals surface area contributed by atoms with Crippen LogP contribution in [-0.2, 0) is 13.0 Å². The van der Waals surface area contributed by atoms with Gasteiger partial charge in [-0.3, -0.25) is 0 Å². The number of hydrogen-bond acceptors (Lipinski definition) is 4. The van der Waals surface area contributed by atoms with Gasteiger partial charge in [0.25, 0.3) is 0 Å². The minimum absolute atomic E-state index is 0.345. The fourth-order valence-electron chi connectivity index (χ4n) is 1.94. The van der Waals surface area contributed by atoms with Crippen LogP contribution >= 0.6 is 11.6 Å². The molecule has 0 radical (unpaired) electrons. The molecule has 0 unspecified atom stereocenters. The summed E-state index contributed by atoms with van der Waals surface area (Å²) in [6, 6.07) is 0. The zero-order chi connectivity index (χ0) is 12.3. The minimum Gasteiger partial charge on any atom is -0.370 e. The van der Waals surface area contributed by atoms with Crippen molar-refractivity contribution < 1.29 is 0 Å². The molecule has 17 heavy (non-hydrogen) atoms. The van der Waals surface area contributed by atoms with Crippen molar-refractivity contribution in [3.8, 4) is 0 Å². The predicted octanol–water partition coefficient (Wildman–Crippen LogP) is 2.23. The van der Waals surface area contributed by atoms with E-state index >= 15 is 0 Å². The first-order valence-electron chi connectivity index (χ1n) is 6.16. The summed E-state index contributed by atoms with van der Waals surface area (Å²) in [4.78, 5) is 8.58. The Labute approximate surface area is 107 Å². The molecule has 1 aliphatic heterocycles. The molecule has 5 heteroatoms. The Balaban J connectivity index is 2.12. The second-order valence-electron chi connectivity index (χ2n) is 4.80. The summed E-state index contributed by atoms with van der Waals surface area (Å²) in [7, 11) is 0. The Kier molecular flexibility index (Phi) is 4.18. The molecule has 4 nitrogen and oxygen atoms in total. The number of rotatable bonds is 4. The first kappa shape index (κ1) is 12.6. The maximum atomic E-state index is 5.94. The van der Waals surface area contributed by atoms with Gasteiger partial charge in [0.05, 0.1) is 5.69 Å². The first-order valence-corrected chi connectivity index (χ1v) is 6.54. The third-order valence-corrected chi connectivity index (χ3v) is 3.09. The highest BCUT2D eigenvalue weighted by atomic mass is 35.5. The lowest BCUT2D eigenvalue weighted by Crippen LogP contribution is -2.26. The molecule has 0 aromatic carbocycles. The van der Waals surface area contributed by atoms with Crippen molar-refractivity contribution in [3.63, 3.8) is 0 Å². The highest BCUT2D eigenvalue weighted by Gasteiger charge is 2.16. The summed E-state index contributed by atoms with van der Waals surface area (Å²) in [5, 5.41) is 7.05. The Morgan fingerprint density at radius 2 is 2.24 bits per heavy atom. The van der Waals surface area contributed by atoms with E-state index in [0.29, 0.717) is 11.2 Å². The van der Waals surface area contributed by atoms with Crippen LogP contribution in [0.3, 0.4) is 0 Å². The molecular formula is C12H19ClN4. The SMILES string of the molecule is CC(C)CCNc1nc(Cl)nc2c1CNCC2. The molecule has 0 spiro atoms. The number of fused-ring (bicyclic) bond motifs is 1. The van der Waals surface area contributed by atoms with Gasteiger partial charge in [-0.15, -0.1) is 0 Å². The fraction of sp³-hybridized carbons (Fsp3) is 0.667. The summed E-state index contributed by atoms with van der Waals surface area (Å²) in [5.74, 6) is 1.58. The number of anilines is 1. The first-order chi connectivity index (χ1) is 8.16. The zero-order valence-electron chi connectivity index (χ0n) is 10.4. The van der Waals surface area contributed by atoms with E-state index < -0.39 is 0 Å². The second-order valence-corrected chi connectivity index (χ2v) is 5.14. The lowest BCUT2D eigenvalue weighted by molar-refractivity contribution is 0.602. The van der Waals surface area contributed by atoms with E-state index in [2.05, 4.69) is 34.4 Å². The molecule has 0 saturated heterocycles. The largest absolute Gasteiger partial charge is 0.370 e. The standard InChI is InChI=1S/C12H19ClN4/c1-8(2)3-6-15-11-9-7-14-5-4-10(9)16-12(13)17-11/h8,14H,3-7H2,1-2H3,(H,15,16,17). The lowest BCUT2D eigenvalue weighted by Gasteiger charge is -2.19. The average molecular weight is 255 g/mol. The lowest BCUT2D eigenvalue weighted by atomic mass is 10.1. The molecule has 0 fully saturated rings. The Hall–Kier alpha value is -0.870. The van der Waals surface area contributed by atoms with E-state index in [1.807, 2.05) is 0 Å².